The van der Waals surface area contributed by atoms with E-state index in [4.69, 9.17) is 4.42 Å². The van der Waals surface area contributed by atoms with Crippen molar-refractivity contribution in [3.63, 3.8) is 0 Å². The topological polar surface area (TPSA) is 59.3 Å². The highest BCUT2D eigenvalue weighted by Crippen LogP contribution is 2.44. The zero-order chi connectivity index (χ0) is 14.4. The molecule has 4 heteroatoms. The summed E-state index contributed by atoms with van der Waals surface area (Å²) in [6.45, 7) is 0. The first-order chi connectivity index (χ1) is 10.2. The normalized spacial score (nSPS) is 18.1. The minimum absolute atomic E-state index is 0.116. The standard InChI is InChI=1S/C17H17NO3/c19-13-9-15(21-14-4-2-1-3-12(13)14)17(20)18-16(10-5-6-10)11-7-8-11/h1-4,9-11,16H,5-8H2,(H,18,20). The maximum Gasteiger partial charge on any atom is 0.287 e. The van der Waals surface area contributed by atoms with Gasteiger partial charge in [0.05, 0.1) is 5.39 Å². The smallest absolute Gasteiger partial charge is 0.287 e. The molecule has 2 aliphatic rings. The minimum atomic E-state index is -0.262. The fourth-order valence-electron chi connectivity index (χ4n) is 2.97. The van der Waals surface area contributed by atoms with Crippen molar-refractivity contribution in [2.24, 2.45) is 11.8 Å². The molecule has 0 radical (unpaired) electrons. The molecule has 1 heterocycles. The number of amides is 1. The number of carbonyl (C=O) groups excluding carboxylic acids is 1. The second-order valence-electron chi connectivity index (χ2n) is 6.15. The molecule has 2 saturated carbocycles. The summed E-state index contributed by atoms with van der Waals surface area (Å²) >= 11 is 0. The number of fused-ring (bicyclic) bond motifs is 1. The number of nitrogens with one attached hydrogen (secondary N) is 1. The molecular formula is C17H17NO3. The molecule has 2 aromatic rings. The summed E-state index contributed by atoms with van der Waals surface area (Å²) in [5, 5.41) is 3.59. The quantitative estimate of drug-likeness (QED) is 0.938. The lowest BCUT2D eigenvalue weighted by atomic mass is 10.1. The van der Waals surface area contributed by atoms with Crippen LogP contribution in [0, 0.1) is 11.8 Å². The van der Waals surface area contributed by atoms with E-state index in [9.17, 15) is 9.59 Å². The molecule has 0 aliphatic heterocycles. The van der Waals surface area contributed by atoms with Crippen LogP contribution in [0.5, 0.6) is 0 Å². The highest BCUT2D eigenvalue weighted by molar-refractivity contribution is 5.93. The van der Waals surface area contributed by atoms with E-state index in [-0.39, 0.29) is 23.1 Å². The van der Waals surface area contributed by atoms with Crippen LogP contribution >= 0.6 is 0 Å². The summed E-state index contributed by atoms with van der Waals surface area (Å²) in [6, 6.07) is 8.56. The number of hydrogen-bond donors (Lipinski definition) is 1. The lowest BCUT2D eigenvalue weighted by molar-refractivity contribution is 0.0898. The van der Waals surface area contributed by atoms with Crippen LogP contribution in [0.4, 0.5) is 0 Å². The van der Waals surface area contributed by atoms with E-state index in [0.717, 1.165) is 0 Å². The molecule has 0 saturated heterocycles. The third kappa shape index (κ3) is 2.46. The number of benzene rings is 1. The number of para-hydroxylation sites is 1. The van der Waals surface area contributed by atoms with Crippen LogP contribution in [-0.2, 0) is 0 Å². The SMILES string of the molecule is O=C(NC(C1CC1)C1CC1)c1cc(=O)c2ccccc2o1. The van der Waals surface area contributed by atoms with Crippen molar-refractivity contribution in [3.8, 4) is 0 Å². The lowest BCUT2D eigenvalue weighted by Crippen LogP contribution is -2.38. The Bertz CT molecular complexity index is 744. The lowest BCUT2D eigenvalue weighted by Gasteiger charge is -2.17. The summed E-state index contributed by atoms with van der Waals surface area (Å²) < 4.78 is 5.59. The van der Waals surface area contributed by atoms with Gasteiger partial charge in [0, 0.05) is 12.1 Å². The largest absolute Gasteiger partial charge is 0.451 e. The second-order valence-corrected chi connectivity index (χ2v) is 6.15. The third-order valence-electron chi connectivity index (χ3n) is 4.42. The van der Waals surface area contributed by atoms with Crippen molar-refractivity contribution in [1.29, 1.82) is 0 Å². The zero-order valence-electron chi connectivity index (χ0n) is 11.7. The van der Waals surface area contributed by atoms with Crippen LogP contribution in [0.15, 0.2) is 39.5 Å². The van der Waals surface area contributed by atoms with E-state index in [0.29, 0.717) is 22.8 Å². The number of carbonyl (C=O) groups is 1. The van der Waals surface area contributed by atoms with Gasteiger partial charge in [-0.3, -0.25) is 9.59 Å². The Hall–Kier alpha value is -2.10. The fraction of sp³-hybridized carbons (Fsp3) is 0.412. The first-order valence-corrected chi connectivity index (χ1v) is 7.56. The Kier molecular flexibility index (Phi) is 2.84. The molecule has 2 aliphatic carbocycles. The molecule has 1 N–H and O–H groups in total. The molecule has 1 aromatic heterocycles. The fourth-order valence-corrected chi connectivity index (χ4v) is 2.97. The van der Waals surface area contributed by atoms with Crippen LogP contribution in [0.3, 0.4) is 0 Å². The molecule has 2 fully saturated rings. The summed E-state index contributed by atoms with van der Waals surface area (Å²) in [5.41, 5.74) is 0.293. The Morgan fingerprint density at radius 3 is 2.48 bits per heavy atom. The van der Waals surface area contributed by atoms with Gasteiger partial charge in [0.25, 0.3) is 5.91 Å². The average Bonchev–Trinajstić information content (AvgIpc) is 3.38. The molecule has 0 atom stereocenters. The van der Waals surface area contributed by atoms with Crippen molar-refractivity contribution < 1.29 is 9.21 Å². The van der Waals surface area contributed by atoms with Gasteiger partial charge in [-0.05, 0) is 49.7 Å². The Morgan fingerprint density at radius 1 is 1.14 bits per heavy atom. The van der Waals surface area contributed by atoms with Crippen molar-refractivity contribution in [2.45, 2.75) is 31.7 Å². The highest BCUT2D eigenvalue weighted by atomic mass is 16.3. The molecule has 21 heavy (non-hydrogen) atoms. The molecule has 0 unspecified atom stereocenters. The van der Waals surface area contributed by atoms with Crippen LogP contribution in [0.2, 0.25) is 0 Å². The van der Waals surface area contributed by atoms with Crippen molar-refractivity contribution in [2.75, 3.05) is 0 Å². The van der Waals surface area contributed by atoms with Gasteiger partial charge < -0.3 is 9.73 Å². The van der Waals surface area contributed by atoms with E-state index in [2.05, 4.69) is 5.32 Å². The van der Waals surface area contributed by atoms with E-state index in [1.54, 1.807) is 24.3 Å². The predicted molar refractivity (Wildman–Crippen MR) is 79.2 cm³/mol. The predicted octanol–water partition coefficient (Wildman–Crippen LogP) is 2.71. The van der Waals surface area contributed by atoms with E-state index in [1.807, 2.05) is 0 Å². The summed E-state index contributed by atoms with van der Waals surface area (Å²) in [7, 11) is 0. The molecule has 4 nitrogen and oxygen atoms in total. The first-order valence-electron chi connectivity index (χ1n) is 7.56. The first kappa shape index (κ1) is 12.6. The highest BCUT2D eigenvalue weighted by Gasteiger charge is 2.42. The van der Waals surface area contributed by atoms with Crippen LogP contribution < -0.4 is 10.7 Å². The van der Waals surface area contributed by atoms with Gasteiger partial charge in [0.2, 0.25) is 0 Å². The van der Waals surface area contributed by atoms with Crippen LogP contribution in [0.25, 0.3) is 11.0 Å². The van der Waals surface area contributed by atoms with Crippen molar-refractivity contribution in [3.05, 3.63) is 46.3 Å². The van der Waals surface area contributed by atoms with Gasteiger partial charge in [0.1, 0.15) is 5.58 Å². The van der Waals surface area contributed by atoms with Crippen molar-refractivity contribution >= 4 is 16.9 Å². The van der Waals surface area contributed by atoms with E-state index < -0.39 is 0 Å². The maximum absolute atomic E-state index is 12.4. The molecule has 0 spiro atoms. The average molecular weight is 283 g/mol. The van der Waals surface area contributed by atoms with Crippen molar-refractivity contribution in [1.82, 2.24) is 5.32 Å². The van der Waals surface area contributed by atoms with Gasteiger partial charge in [-0.25, -0.2) is 0 Å². The Labute approximate surface area is 122 Å². The van der Waals surface area contributed by atoms with Crippen LogP contribution in [-0.4, -0.2) is 11.9 Å². The Morgan fingerprint density at radius 2 is 1.81 bits per heavy atom. The van der Waals surface area contributed by atoms with Gasteiger partial charge in [-0.1, -0.05) is 12.1 Å². The molecule has 108 valence electrons. The maximum atomic E-state index is 12.4. The van der Waals surface area contributed by atoms with Crippen LogP contribution in [0.1, 0.15) is 36.2 Å². The molecular weight excluding hydrogens is 266 g/mol. The summed E-state index contributed by atoms with van der Waals surface area (Å²) in [5.74, 6) is 1.09. The Balaban J connectivity index is 1.62. The third-order valence-corrected chi connectivity index (χ3v) is 4.42. The molecule has 1 aromatic carbocycles. The van der Waals surface area contributed by atoms with Gasteiger partial charge in [0.15, 0.2) is 11.2 Å². The second kappa shape index (κ2) is 4.72. The van der Waals surface area contributed by atoms with Gasteiger partial charge >= 0.3 is 0 Å². The van der Waals surface area contributed by atoms with E-state index in [1.165, 1.54) is 31.7 Å². The molecule has 1 amide bonds. The number of hydrogen-bond acceptors (Lipinski definition) is 3. The molecule has 0 bridgehead atoms. The van der Waals surface area contributed by atoms with Gasteiger partial charge in [-0.15, -0.1) is 0 Å². The molecule has 4 rings (SSSR count). The van der Waals surface area contributed by atoms with Gasteiger partial charge in [-0.2, -0.15) is 0 Å². The minimum Gasteiger partial charge on any atom is -0.451 e. The summed E-state index contributed by atoms with van der Waals surface area (Å²) in [6.07, 6.45) is 4.79. The summed E-state index contributed by atoms with van der Waals surface area (Å²) in [4.78, 5) is 24.4. The number of rotatable bonds is 4. The zero-order valence-corrected chi connectivity index (χ0v) is 11.7. The van der Waals surface area contributed by atoms with E-state index >= 15 is 0 Å². The monoisotopic (exact) mass is 283 g/mol.